The molecule has 1 atom stereocenters. The Morgan fingerprint density at radius 2 is 1.86 bits per heavy atom. The van der Waals surface area contributed by atoms with Crippen LogP contribution in [0.15, 0.2) is 54.6 Å². The van der Waals surface area contributed by atoms with Gasteiger partial charge in [-0.05, 0) is 49.4 Å². The lowest BCUT2D eigenvalue weighted by Crippen LogP contribution is -2.30. The van der Waals surface area contributed by atoms with Crippen LogP contribution in [0.1, 0.15) is 17.3 Å². The van der Waals surface area contributed by atoms with Crippen LogP contribution in [0.4, 0.5) is 11.4 Å². The number of rotatable bonds is 5. The Hall–Kier alpha value is -3.52. The van der Waals surface area contributed by atoms with E-state index in [0.717, 1.165) is 0 Å². The van der Waals surface area contributed by atoms with Gasteiger partial charge in [-0.3, -0.25) is 14.9 Å². The lowest BCUT2D eigenvalue weighted by Gasteiger charge is -2.13. The second-order valence-corrected chi connectivity index (χ2v) is 6.27. The van der Waals surface area contributed by atoms with Gasteiger partial charge in [-0.2, -0.15) is 0 Å². The monoisotopic (exact) mass is 399 g/mol. The van der Waals surface area contributed by atoms with Crippen LogP contribution in [0.25, 0.3) is 10.9 Å². The van der Waals surface area contributed by atoms with Crippen molar-refractivity contribution >= 4 is 45.8 Å². The van der Waals surface area contributed by atoms with Gasteiger partial charge in [0.1, 0.15) is 5.15 Å². The van der Waals surface area contributed by atoms with Crippen molar-refractivity contribution in [3.63, 3.8) is 0 Å². The molecule has 3 aromatic rings. The minimum Gasteiger partial charge on any atom is -0.449 e. The van der Waals surface area contributed by atoms with Gasteiger partial charge in [0.2, 0.25) is 0 Å². The van der Waals surface area contributed by atoms with E-state index in [4.69, 9.17) is 16.3 Å². The largest absolute Gasteiger partial charge is 0.449 e. The number of amides is 1. The first kappa shape index (κ1) is 19.2. The topological polar surface area (TPSA) is 111 Å². The zero-order chi connectivity index (χ0) is 20.3. The van der Waals surface area contributed by atoms with Crippen LogP contribution in [0.3, 0.4) is 0 Å². The first-order valence-corrected chi connectivity index (χ1v) is 8.54. The van der Waals surface area contributed by atoms with E-state index < -0.39 is 22.9 Å². The van der Waals surface area contributed by atoms with Gasteiger partial charge < -0.3 is 10.1 Å². The van der Waals surface area contributed by atoms with Crippen LogP contribution < -0.4 is 5.32 Å². The van der Waals surface area contributed by atoms with E-state index in [1.54, 1.807) is 24.3 Å². The normalized spacial score (nSPS) is 11.6. The summed E-state index contributed by atoms with van der Waals surface area (Å²) < 4.78 is 5.20. The highest BCUT2D eigenvalue weighted by molar-refractivity contribution is 6.29. The third-order valence-corrected chi connectivity index (χ3v) is 4.10. The van der Waals surface area contributed by atoms with E-state index in [0.29, 0.717) is 21.7 Å². The molecule has 1 aromatic heterocycles. The van der Waals surface area contributed by atoms with Crippen molar-refractivity contribution in [1.82, 2.24) is 4.98 Å². The first-order valence-electron chi connectivity index (χ1n) is 8.16. The van der Waals surface area contributed by atoms with Gasteiger partial charge in [0.25, 0.3) is 11.6 Å². The van der Waals surface area contributed by atoms with E-state index in [2.05, 4.69) is 10.3 Å². The number of hydrogen-bond acceptors (Lipinski definition) is 6. The molecule has 1 heterocycles. The highest BCUT2D eigenvalue weighted by atomic mass is 35.5. The molecule has 1 N–H and O–H groups in total. The number of carbonyl (C=O) groups is 2. The zero-order valence-electron chi connectivity index (χ0n) is 14.6. The summed E-state index contributed by atoms with van der Waals surface area (Å²) in [4.78, 5) is 38.8. The maximum atomic E-state index is 12.3. The Bertz CT molecular complexity index is 1070. The Balaban J connectivity index is 1.65. The molecular weight excluding hydrogens is 386 g/mol. The second-order valence-electron chi connectivity index (χ2n) is 5.88. The molecule has 0 saturated heterocycles. The van der Waals surface area contributed by atoms with Crippen LogP contribution in [-0.4, -0.2) is 27.9 Å². The van der Waals surface area contributed by atoms with Gasteiger partial charge in [-0.1, -0.05) is 11.6 Å². The van der Waals surface area contributed by atoms with Gasteiger partial charge in [0.15, 0.2) is 6.10 Å². The molecule has 8 nitrogen and oxygen atoms in total. The number of nitro benzene ring substituents is 1. The molecule has 0 spiro atoms. The number of fused-ring (bicyclic) bond motifs is 1. The Kier molecular flexibility index (Phi) is 5.51. The van der Waals surface area contributed by atoms with Crippen LogP contribution in [-0.2, 0) is 9.53 Å². The number of pyridine rings is 1. The Morgan fingerprint density at radius 1 is 1.14 bits per heavy atom. The van der Waals surface area contributed by atoms with Gasteiger partial charge in [0.05, 0.1) is 16.0 Å². The maximum Gasteiger partial charge on any atom is 0.338 e. The molecule has 1 unspecified atom stereocenters. The van der Waals surface area contributed by atoms with E-state index in [9.17, 15) is 19.7 Å². The molecule has 0 aliphatic rings. The summed E-state index contributed by atoms with van der Waals surface area (Å²) in [6, 6.07) is 13.4. The third kappa shape index (κ3) is 4.41. The SMILES string of the molecule is CC(OC(=O)c1ccc2nc(Cl)ccc2c1)C(=O)Nc1ccc([N+](=O)[O-])cc1. The summed E-state index contributed by atoms with van der Waals surface area (Å²) >= 11 is 5.83. The molecule has 0 bridgehead atoms. The summed E-state index contributed by atoms with van der Waals surface area (Å²) in [5, 5.41) is 14.2. The van der Waals surface area contributed by atoms with Gasteiger partial charge >= 0.3 is 5.97 Å². The molecule has 1 amide bonds. The molecule has 0 aliphatic heterocycles. The minimum atomic E-state index is -1.07. The summed E-state index contributed by atoms with van der Waals surface area (Å²) in [6.07, 6.45) is -1.07. The molecule has 28 heavy (non-hydrogen) atoms. The molecule has 3 rings (SSSR count). The number of anilines is 1. The molecule has 9 heteroatoms. The fourth-order valence-corrected chi connectivity index (χ4v) is 2.57. The summed E-state index contributed by atoms with van der Waals surface area (Å²) in [5.41, 5.74) is 1.16. The Labute approximate surface area is 164 Å². The molecular formula is C19H14ClN3O5. The predicted octanol–water partition coefficient (Wildman–Crippen LogP) is 3.98. The number of ether oxygens (including phenoxy) is 1. The van der Waals surface area contributed by atoms with Gasteiger partial charge in [-0.15, -0.1) is 0 Å². The average molecular weight is 400 g/mol. The van der Waals surface area contributed by atoms with Crippen molar-refractivity contribution in [2.24, 2.45) is 0 Å². The van der Waals surface area contributed by atoms with E-state index >= 15 is 0 Å². The summed E-state index contributed by atoms with van der Waals surface area (Å²) in [5.74, 6) is -1.22. The number of carbonyl (C=O) groups excluding carboxylic acids is 2. The van der Waals surface area contributed by atoms with E-state index in [-0.39, 0.29) is 11.3 Å². The smallest absolute Gasteiger partial charge is 0.338 e. The van der Waals surface area contributed by atoms with Crippen LogP contribution in [0.2, 0.25) is 5.15 Å². The van der Waals surface area contributed by atoms with Crippen molar-refractivity contribution in [2.45, 2.75) is 13.0 Å². The number of nitro groups is 1. The van der Waals surface area contributed by atoms with E-state index in [1.807, 2.05) is 0 Å². The van der Waals surface area contributed by atoms with Crippen LogP contribution in [0.5, 0.6) is 0 Å². The highest BCUT2D eigenvalue weighted by Crippen LogP contribution is 2.19. The molecule has 142 valence electrons. The molecule has 0 saturated carbocycles. The number of hydrogen-bond donors (Lipinski definition) is 1. The number of nitrogens with zero attached hydrogens (tertiary/aromatic N) is 2. The number of benzene rings is 2. The fraction of sp³-hybridized carbons (Fsp3) is 0.105. The van der Waals surface area contributed by atoms with Gasteiger partial charge in [-0.25, -0.2) is 9.78 Å². The molecule has 0 aliphatic carbocycles. The number of aromatic nitrogens is 1. The molecule has 2 aromatic carbocycles. The number of non-ortho nitro benzene ring substituents is 1. The Morgan fingerprint density at radius 3 is 2.54 bits per heavy atom. The van der Waals surface area contributed by atoms with Crippen molar-refractivity contribution in [3.05, 3.63) is 75.4 Å². The van der Waals surface area contributed by atoms with Gasteiger partial charge in [0, 0.05) is 23.2 Å². The second kappa shape index (κ2) is 8.01. The summed E-state index contributed by atoms with van der Waals surface area (Å²) in [7, 11) is 0. The number of esters is 1. The maximum absolute atomic E-state index is 12.3. The quantitative estimate of drug-likeness (QED) is 0.300. The lowest BCUT2D eigenvalue weighted by molar-refractivity contribution is -0.384. The zero-order valence-corrected chi connectivity index (χ0v) is 15.3. The average Bonchev–Trinajstić information content (AvgIpc) is 2.67. The standard InChI is InChI=1S/C19H14ClN3O5/c1-11(18(24)21-14-4-6-15(7-5-14)23(26)27)28-19(25)13-2-8-16-12(10-13)3-9-17(20)22-16/h2-11H,1H3,(H,21,24). The summed E-state index contributed by atoms with van der Waals surface area (Å²) in [6.45, 7) is 1.43. The van der Waals surface area contributed by atoms with Crippen molar-refractivity contribution < 1.29 is 19.2 Å². The molecule has 0 fully saturated rings. The number of nitrogens with one attached hydrogen (secondary N) is 1. The van der Waals surface area contributed by atoms with Crippen LogP contribution >= 0.6 is 11.6 Å². The first-order chi connectivity index (χ1) is 13.3. The highest BCUT2D eigenvalue weighted by Gasteiger charge is 2.19. The predicted molar refractivity (Wildman–Crippen MR) is 103 cm³/mol. The fourth-order valence-electron chi connectivity index (χ4n) is 2.42. The van der Waals surface area contributed by atoms with Crippen molar-refractivity contribution in [2.75, 3.05) is 5.32 Å². The minimum absolute atomic E-state index is 0.0930. The lowest BCUT2D eigenvalue weighted by atomic mass is 10.1. The van der Waals surface area contributed by atoms with Crippen molar-refractivity contribution in [3.8, 4) is 0 Å². The number of halogens is 1. The van der Waals surface area contributed by atoms with Crippen molar-refractivity contribution in [1.29, 1.82) is 0 Å². The molecule has 0 radical (unpaired) electrons. The third-order valence-electron chi connectivity index (χ3n) is 3.89. The van der Waals surface area contributed by atoms with E-state index in [1.165, 1.54) is 37.3 Å². The van der Waals surface area contributed by atoms with Crippen LogP contribution in [0, 0.1) is 10.1 Å².